The lowest BCUT2D eigenvalue weighted by Crippen LogP contribution is -2.12. The van der Waals surface area contributed by atoms with Crippen molar-refractivity contribution >= 4 is 46.2 Å². The van der Waals surface area contributed by atoms with Crippen LogP contribution in [0.1, 0.15) is 15.9 Å². The molecule has 4 nitrogen and oxygen atoms in total. The molecule has 0 bridgehead atoms. The minimum Gasteiger partial charge on any atom is -0.354 e. The van der Waals surface area contributed by atoms with Crippen LogP contribution in [0.3, 0.4) is 0 Å². The Morgan fingerprint density at radius 1 is 1.00 bits per heavy atom. The second kappa shape index (κ2) is 7.55. The number of hydrogen-bond donors (Lipinski definition) is 2. The summed E-state index contributed by atoms with van der Waals surface area (Å²) in [5.41, 5.74) is 3.55. The average molecular weight is 372 g/mol. The summed E-state index contributed by atoms with van der Waals surface area (Å²) < 4.78 is 0. The molecule has 3 rings (SSSR count). The summed E-state index contributed by atoms with van der Waals surface area (Å²) in [6.07, 6.45) is 3.16. The van der Waals surface area contributed by atoms with Gasteiger partial charge < -0.3 is 10.6 Å². The molecule has 0 fully saturated rings. The Morgan fingerprint density at radius 2 is 1.80 bits per heavy atom. The van der Waals surface area contributed by atoms with Gasteiger partial charge in [0, 0.05) is 27.6 Å². The summed E-state index contributed by atoms with van der Waals surface area (Å²) in [6.45, 7) is 1.92. The summed E-state index contributed by atoms with van der Waals surface area (Å²) in [5.74, 6) is -0.263. The third-order valence-electron chi connectivity index (χ3n) is 3.63. The molecule has 3 aromatic rings. The first-order valence-electron chi connectivity index (χ1n) is 7.57. The summed E-state index contributed by atoms with van der Waals surface area (Å²) in [6, 6.07) is 14.3. The fraction of sp³-hybridized carbons (Fsp3) is 0.0526. The van der Waals surface area contributed by atoms with Gasteiger partial charge in [-0.05, 0) is 48.9 Å². The lowest BCUT2D eigenvalue weighted by Gasteiger charge is -2.11. The highest BCUT2D eigenvalue weighted by Crippen LogP contribution is 2.26. The monoisotopic (exact) mass is 371 g/mol. The van der Waals surface area contributed by atoms with Crippen molar-refractivity contribution in [3.8, 4) is 0 Å². The molecule has 6 heteroatoms. The number of carbonyl (C=O) groups excluding carboxylic acids is 1. The molecular formula is C19H15Cl2N3O. The molecule has 2 aromatic carbocycles. The molecule has 2 N–H and O–H groups in total. The van der Waals surface area contributed by atoms with Gasteiger partial charge in [0.1, 0.15) is 0 Å². The molecule has 1 amide bonds. The van der Waals surface area contributed by atoms with E-state index in [9.17, 15) is 4.79 Å². The van der Waals surface area contributed by atoms with Crippen LogP contribution in [0.15, 0.2) is 60.9 Å². The van der Waals surface area contributed by atoms with Gasteiger partial charge in [0.15, 0.2) is 0 Å². The average Bonchev–Trinajstić information content (AvgIpc) is 2.59. The predicted octanol–water partition coefficient (Wildman–Crippen LogP) is 5.69. The lowest BCUT2D eigenvalue weighted by molar-refractivity contribution is 0.102. The van der Waals surface area contributed by atoms with E-state index < -0.39 is 0 Å². The van der Waals surface area contributed by atoms with E-state index in [1.807, 2.05) is 25.1 Å². The highest BCUT2D eigenvalue weighted by atomic mass is 35.5. The highest BCUT2D eigenvalue weighted by Gasteiger charge is 2.09. The number of anilines is 3. The SMILES string of the molecule is Cc1c(Cl)cccc1Nc1cncc(C(=O)Nc2cccc(Cl)c2)c1. The van der Waals surface area contributed by atoms with Gasteiger partial charge in [-0.15, -0.1) is 0 Å². The molecule has 1 aromatic heterocycles. The zero-order valence-corrected chi connectivity index (χ0v) is 14.9. The number of nitrogens with zero attached hydrogens (tertiary/aromatic N) is 1. The number of nitrogens with one attached hydrogen (secondary N) is 2. The van der Waals surface area contributed by atoms with Crippen molar-refractivity contribution in [2.24, 2.45) is 0 Å². The Hall–Kier alpha value is -2.56. The molecule has 1 heterocycles. The van der Waals surface area contributed by atoms with Crippen LogP contribution in [0.5, 0.6) is 0 Å². The third-order valence-corrected chi connectivity index (χ3v) is 4.27. The Labute approximate surface area is 155 Å². The van der Waals surface area contributed by atoms with Gasteiger partial charge in [0.05, 0.1) is 17.4 Å². The second-order valence-corrected chi connectivity index (χ2v) is 6.31. The maximum atomic E-state index is 12.4. The molecule has 0 aliphatic heterocycles. The first-order chi connectivity index (χ1) is 12.0. The lowest BCUT2D eigenvalue weighted by atomic mass is 10.2. The van der Waals surface area contributed by atoms with Crippen LogP contribution in [0, 0.1) is 6.92 Å². The van der Waals surface area contributed by atoms with E-state index in [0.29, 0.717) is 27.0 Å². The molecule has 0 saturated carbocycles. The Balaban J connectivity index is 1.79. The fourth-order valence-corrected chi connectivity index (χ4v) is 2.67. The minimum absolute atomic E-state index is 0.263. The third kappa shape index (κ3) is 4.29. The van der Waals surface area contributed by atoms with Crippen molar-refractivity contribution in [1.82, 2.24) is 4.98 Å². The van der Waals surface area contributed by atoms with Crippen molar-refractivity contribution in [3.63, 3.8) is 0 Å². The van der Waals surface area contributed by atoms with Crippen LogP contribution in [0.4, 0.5) is 17.1 Å². The molecule has 0 unspecified atom stereocenters. The number of carbonyl (C=O) groups is 1. The smallest absolute Gasteiger partial charge is 0.257 e. The van der Waals surface area contributed by atoms with Crippen LogP contribution in [-0.4, -0.2) is 10.9 Å². The Morgan fingerprint density at radius 3 is 2.60 bits per heavy atom. The van der Waals surface area contributed by atoms with E-state index in [1.165, 1.54) is 6.20 Å². The van der Waals surface area contributed by atoms with Gasteiger partial charge >= 0.3 is 0 Å². The number of amides is 1. The zero-order chi connectivity index (χ0) is 17.8. The molecule has 0 aliphatic rings. The van der Waals surface area contributed by atoms with Gasteiger partial charge in [-0.2, -0.15) is 0 Å². The molecule has 0 atom stereocenters. The summed E-state index contributed by atoms with van der Waals surface area (Å²) in [5, 5.41) is 7.26. The van der Waals surface area contributed by atoms with E-state index in [0.717, 1.165) is 11.3 Å². The first kappa shape index (κ1) is 17.3. The van der Waals surface area contributed by atoms with Crippen LogP contribution in [-0.2, 0) is 0 Å². The molecule has 0 saturated heterocycles. The standard InChI is InChI=1S/C19H15Cl2N3O/c1-12-17(21)6-3-7-18(12)23-16-8-13(10-22-11-16)19(25)24-15-5-2-4-14(20)9-15/h2-11,23H,1H3,(H,24,25). The van der Waals surface area contributed by atoms with Gasteiger partial charge in [-0.1, -0.05) is 35.3 Å². The number of hydrogen-bond acceptors (Lipinski definition) is 3. The van der Waals surface area contributed by atoms with Gasteiger partial charge in [0.2, 0.25) is 0 Å². The molecule has 0 aliphatic carbocycles. The van der Waals surface area contributed by atoms with E-state index in [1.54, 1.807) is 36.5 Å². The summed E-state index contributed by atoms with van der Waals surface area (Å²) in [7, 11) is 0. The summed E-state index contributed by atoms with van der Waals surface area (Å²) in [4.78, 5) is 16.5. The molecule has 25 heavy (non-hydrogen) atoms. The topological polar surface area (TPSA) is 54.0 Å². The Bertz CT molecular complexity index is 928. The predicted molar refractivity (Wildman–Crippen MR) is 103 cm³/mol. The van der Waals surface area contributed by atoms with Crippen molar-refractivity contribution in [2.75, 3.05) is 10.6 Å². The van der Waals surface area contributed by atoms with Crippen molar-refractivity contribution in [2.45, 2.75) is 6.92 Å². The van der Waals surface area contributed by atoms with Gasteiger partial charge in [-0.25, -0.2) is 0 Å². The number of pyridine rings is 1. The van der Waals surface area contributed by atoms with E-state index in [-0.39, 0.29) is 5.91 Å². The summed E-state index contributed by atoms with van der Waals surface area (Å²) >= 11 is 12.1. The minimum atomic E-state index is -0.263. The van der Waals surface area contributed by atoms with Crippen LogP contribution >= 0.6 is 23.2 Å². The molecular weight excluding hydrogens is 357 g/mol. The van der Waals surface area contributed by atoms with Crippen molar-refractivity contribution < 1.29 is 4.79 Å². The number of rotatable bonds is 4. The number of halogens is 2. The van der Waals surface area contributed by atoms with Crippen molar-refractivity contribution in [1.29, 1.82) is 0 Å². The van der Waals surface area contributed by atoms with Gasteiger partial charge in [-0.3, -0.25) is 9.78 Å². The maximum absolute atomic E-state index is 12.4. The van der Waals surface area contributed by atoms with Crippen LogP contribution in [0.25, 0.3) is 0 Å². The Kier molecular flexibility index (Phi) is 5.22. The zero-order valence-electron chi connectivity index (χ0n) is 13.4. The number of benzene rings is 2. The van der Waals surface area contributed by atoms with E-state index in [2.05, 4.69) is 15.6 Å². The van der Waals surface area contributed by atoms with Crippen LogP contribution < -0.4 is 10.6 Å². The molecule has 126 valence electrons. The quantitative estimate of drug-likeness (QED) is 0.618. The highest BCUT2D eigenvalue weighted by molar-refractivity contribution is 6.31. The normalized spacial score (nSPS) is 10.4. The van der Waals surface area contributed by atoms with Crippen LogP contribution in [0.2, 0.25) is 10.0 Å². The fourth-order valence-electron chi connectivity index (χ4n) is 2.30. The maximum Gasteiger partial charge on any atom is 0.257 e. The van der Waals surface area contributed by atoms with Crippen molar-refractivity contribution in [3.05, 3.63) is 82.1 Å². The molecule has 0 spiro atoms. The van der Waals surface area contributed by atoms with Gasteiger partial charge in [0.25, 0.3) is 5.91 Å². The largest absolute Gasteiger partial charge is 0.354 e. The number of aromatic nitrogens is 1. The molecule has 0 radical (unpaired) electrons. The van der Waals surface area contributed by atoms with E-state index in [4.69, 9.17) is 23.2 Å². The second-order valence-electron chi connectivity index (χ2n) is 5.46. The van der Waals surface area contributed by atoms with E-state index >= 15 is 0 Å². The first-order valence-corrected chi connectivity index (χ1v) is 8.32.